The van der Waals surface area contributed by atoms with Crippen molar-refractivity contribution in [1.29, 1.82) is 0 Å². The van der Waals surface area contributed by atoms with Crippen molar-refractivity contribution < 1.29 is 4.39 Å². The van der Waals surface area contributed by atoms with Gasteiger partial charge in [-0.2, -0.15) is 11.8 Å². The second-order valence-corrected chi connectivity index (χ2v) is 5.23. The molecule has 0 aliphatic carbocycles. The minimum atomic E-state index is -0.320. The number of pyridine rings is 1. The van der Waals surface area contributed by atoms with Gasteiger partial charge in [-0.25, -0.2) is 4.39 Å². The second kappa shape index (κ2) is 5.12. The van der Waals surface area contributed by atoms with E-state index in [-0.39, 0.29) is 17.9 Å². The Bertz CT molecular complexity index is 361. The first-order chi connectivity index (χ1) is 7.68. The Morgan fingerprint density at radius 2 is 2.44 bits per heavy atom. The first-order valence-corrected chi connectivity index (χ1v) is 6.48. The van der Waals surface area contributed by atoms with E-state index >= 15 is 0 Å². The number of hydrogen-bond donors (Lipinski definition) is 1. The highest BCUT2D eigenvalue weighted by Gasteiger charge is 2.26. The van der Waals surface area contributed by atoms with Gasteiger partial charge in [0.1, 0.15) is 5.82 Å². The van der Waals surface area contributed by atoms with E-state index in [0.717, 1.165) is 23.6 Å². The van der Waals surface area contributed by atoms with Gasteiger partial charge in [0, 0.05) is 36.3 Å². The Labute approximate surface area is 99.2 Å². The maximum Gasteiger partial charge on any atom is 0.141 e. The lowest BCUT2D eigenvalue weighted by molar-refractivity contribution is 0.237. The average molecular weight is 241 g/mol. The molecule has 0 saturated carbocycles. The van der Waals surface area contributed by atoms with Crippen LogP contribution in [0.15, 0.2) is 18.5 Å². The maximum absolute atomic E-state index is 13.1. The number of thioether (sulfide) groups is 1. The monoisotopic (exact) mass is 241 g/mol. The van der Waals surface area contributed by atoms with Crippen molar-refractivity contribution in [2.24, 2.45) is 5.73 Å². The Balaban J connectivity index is 2.14. The molecule has 0 radical (unpaired) electrons. The normalized spacial score (nSPS) is 24.3. The number of nitrogens with zero attached hydrogens (tertiary/aromatic N) is 2. The van der Waals surface area contributed by atoms with Crippen molar-refractivity contribution in [3.05, 3.63) is 29.8 Å². The Morgan fingerprint density at radius 3 is 3.12 bits per heavy atom. The van der Waals surface area contributed by atoms with E-state index in [9.17, 15) is 4.39 Å². The third-order valence-electron chi connectivity index (χ3n) is 2.97. The molecule has 0 spiro atoms. The van der Waals surface area contributed by atoms with Crippen LogP contribution in [0.3, 0.4) is 0 Å². The first kappa shape index (κ1) is 11.8. The molecule has 5 heteroatoms. The molecule has 16 heavy (non-hydrogen) atoms. The van der Waals surface area contributed by atoms with E-state index in [0.29, 0.717) is 0 Å². The molecule has 2 unspecified atom stereocenters. The highest BCUT2D eigenvalue weighted by molar-refractivity contribution is 7.99. The molecular weight excluding hydrogens is 225 g/mol. The fourth-order valence-electron chi connectivity index (χ4n) is 1.92. The largest absolute Gasteiger partial charge is 0.323 e. The molecule has 1 saturated heterocycles. The molecule has 88 valence electrons. The zero-order valence-corrected chi connectivity index (χ0v) is 10.1. The molecule has 1 aliphatic heterocycles. The lowest BCUT2D eigenvalue weighted by Gasteiger charge is -2.36. The quantitative estimate of drug-likeness (QED) is 0.846. The van der Waals surface area contributed by atoms with Crippen LogP contribution in [0.25, 0.3) is 0 Å². The summed E-state index contributed by atoms with van der Waals surface area (Å²) in [5.74, 6) is 1.81. The Morgan fingerprint density at radius 1 is 1.62 bits per heavy atom. The third-order valence-corrected chi connectivity index (χ3v) is 4.02. The standard InChI is InChI=1S/C11H16FN3S/c1-15-2-3-16-7-10(15)11(13)8-4-9(12)6-14-5-8/h4-6,10-11H,2-3,7,13H2,1H3. The average Bonchev–Trinajstić information content (AvgIpc) is 2.29. The highest BCUT2D eigenvalue weighted by Crippen LogP contribution is 2.24. The third kappa shape index (κ3) is 2.53. The van der Waals surface area contributed by atoms with Gasteiger partial charge < -0.3 is 5.73 Å². The van der Waals surface area contributed by atoms with Crippen molar-refractivity contribution in [2.75, 3.05) is 25.1 Å². The van der Waals surface area contributed by atoms with E-state index in [1.807, 2.05) is 11.8 Å². The summed E-state index contributed by atoms with van der Waals surface area (Å²) in [7, 11) is 2.07. The molecule has 3 nitrogen and oxygen atoms in total. The summed E-state index contributed by atoms with van der Waals surface area (Å²) in [6.07, 6.45) is 2.86. The van der Waals surface area contributed by atoms with Gasteiger partial charge in [0.15, 0.2) is 0 Å². The Kier molecular flexibility index (Phi) is 3.78. The number of nitrogens with two attached hydrogens (primary N) is 1. The fourth-order valence-corrected chi connectivity index (χ4v) is 3.20. The molecule has 1 aliphatic rings. The van der Waals surface area contributed by atoms with Crippen molar-refractivity contribution in [3.63, 3.8) is 0 Å². The minimum Gasteiger partial charge on any atom is -0.323 e. The van der Waals surface area contributed by atoms with E-state index in [4.69, 9.17) is 5.73 Å². The molecule has 1 aromatic rings. The molecule has 1 fully saturated rings. The predicted octanol–water partition coefficient (Wildman–Crippen LogP) is 1.27. The number of halogens is 1. The number of aromatic nitrogens is 1. The summed E-state index contributed by atoms with van der Waals surface area (Å²) < 4.78 is 13.1. The van der Waals surface area contributed by atoms with Crippen LogP contribution < -0.4 is 5.73 Å². The van der Waals surface area contributed by atoms with Crippen LogP contribution in [0.1, 0.15) is 11.6 Å². The maximum atomic E-state index is 13.1. The number of hydrogen-bond acceptors (Lipinski definition) is 4. The zero-order valence-electron chi connectivity index (χ0n) is 9.27. The molecule has 2 heterocycles. The van der Waals surface area contributed by atoms with Crippen LogP contribution in [0.2, 0.25) is 0 Å². The molecule has 0 amide bonds. The molecule has 0 aromatic carbocycles. The van der Waals surface area contributed by atoms with Crippen molar-refractivity contribution in [3.8, 4) is 0 Å². The van der Waals surface area contributed by atoms with Gasteiger partial charge in [0.2, 0.25) is 0 Å². The molecular formula is C11H16FN3S. The summed E-state index contributed by atoms with van der Waals surface area (Å²) in [5, 5.41) is 0. The van der Waals surface area contributed by atoms with Crippen LogP contribution in [-0.2, 0) is 0 Å². The van der Waals surface area contributed by atoms with E-state index in [1.54, 1.807) is 6.20 Å². The Hall–Kier alpha value is -0.650. The van der Waals surface area contributed by atoms with Gasteiger partial charge in [-0.05, 0) is 18.7 Å². The summed E-state index contributed by atoms with van der Waals surface area (Å²) >= 11 is 1.90. The lowest BCUT2D eigenvalue weighted by atomic mass is 10.0. The van der Waals surface area contributed by atoms with Crippen molar-refractivity contribution >= 4 is 11.8 Å². The summed E-state index contributed by atoms with van der Waals surface area (Å²) in [5.41, 5.74) is 6.94. The van der Waals surface area contributed by atoms with Crippen LogP contribution >= 0.6 is 11.8 Å². The van der Waals surface area contributed by atoms with Crippen LogP contribution in [0.5, 0.6) is 0 Å². The van der Waals surface area contributed by atoms with Crippen LogP contribution in [-0.4, -0.2) is 41.0 Å². The topological polar surface area (TPSA) is 42.1 Å². The van der Waals surface area contributed by atoms with Gasteiger partial charge in [-0.1, -0.05) is 0 Å². The zero-order chi connectivity index (χ0) is 11.5. The number of rotatable bonds is 2. The molecule has 2 atom stereocenters. The SMILES string of the molecule is CN1CCSCC1C(N)c1cncc(F)c1. The number of likely N-dealkylation sites (N-methyl/N-ethyl adjacent to an activating group) is 1. The van der Waals surface area contributed by atoms with Gasteiger partial charge in [-0.3, -0.25) is 9.88 Å². The van der Waals surface area contributed by atoms with E-state index in [1.165, 1.54) is 12.3 Å². The molecule has 1 aromatic heterocycles. The van der Waals surface area contributed by atoms with Gasteiger partial charge >= 0.3 is 0 Å². The highest BCUT2D eigenvalue weighted by atomic mass is 32.2. The predicted molar refractivity (Wildman–Crippen MR) is 64.9 cm³/mol. The molecule has 2 N–H and O–H groups in total. The summed E-state index contributed by atoms with van der Waals surface area (Å²) in [4.78, 5) is 6.09. The van der Waals surface area contributed by atoms with Crippen molar-refractivity contribution in [2.45, 2.75) is 12.1 Å². The van der Waals surface area contributed by atoms with E-state index < -0.39 is 0 Å². The van der Waals surface area contributed by atoms with Gasteiger partial charge in [0.25, 0.3) is 0 Å². The summed E-state index contributed by atoms with van der Waals surface area (Å²) in [6.45, 7) is 1.03. The van der Waals surface area contributed by atoms with Crippen LogP contribution in [0, 0.1) is 5.82 Å². The summed E-state index contributed by atoms with van der Waals surface area (Å²) in [6, 6.07) is 1.58. The van der Waals surface area contributed by atoms with Gasteiger partial charge in [0.05, 0.1) is 6.20 Å². The fraction of sp³-hybridized carbons (Fsp3) is 0.545. The molecule has 2 rings (SSSR count). The first-order valence-electron chi connectivity index (χ1n) is 5.32. The molecule has 0 bridgehead atoms. The lowest BCUT2D eigenvalue weighted by Crippen LogP contribution is -2.46. The smallest absolute Gasteiger partial charge is 0.141 e. The second-order valence-electron chi connectivity index (χ2n) is 4.09. The van der Waals surface area contributed by atoms with E-state index in [2.05, 4.69) is 16.9 Å². The van der Waals surface area contributed by atoms with Crippen LogP contribution in [0.4, 0.5) is 4.39 Å². The van der Waals surface area contributed by atoms with Crippen molar-refractivity contribution in [1.82, 2.24) is 9.88 Å². The minimum absolute atomic E-state index is 0.166. The van der Waals surface area contributed by atoms with Gasteiger partial charge in [-0.15, -0.1) is 0 Å².